The van der Waals surface area contributed by atoms with Crippen LogP contribution in [0.1, 0.15) is 19.3 Å². The summed E-state index contributed by atoms with van der Waals surface area (Å²) in [6.45, 7) is 0. The van der Waals surface area contributed by atoms with Crippen molar-refractivity contribution >= 4 is 41.1 Å². The number of ketones is 2. The summed E-state index contributed by atoms with van der Waals surface area (Å²) in [6.07, 6.45) is 1.16. The summed E-state index contributed by atoms with van der Waals surface area (Å²) >= 11 is 0. The van der Waals surface area contributed by atoms with Crippen LogP contribution in [0.4, 0.5) is 0 Å². The monoisotopic (exact) mass is 122 g/mol. The number of carbonyl (C=O) groups excluding carboxylic acids is 2. The SMILES string of the molecule is O=C1CCC(=O)C1.[NaH]. The molecule has 0 saturated heterocycles. The molecule has 1 aliphatic rings. The average molecular weight is 122 g/mol. The molecule has 1 rings (SSSR count). The van der Waals surface area contributed by atoms with Crippen LogP contribution in [0.3, 0.4) is 0 Å². The number of Topliss-reactive ketones (excluding diaryl/α,β-unsaturated/α-hetero) is 2. The topological polar surface area (TPSA) is 34.1 Å². The zero-order chi connectivity index (χ0) is 5.28. The third-order valence-electron chi connectivity index (χ3n) is 1.08. The quantitative estimate of drug-likeness (QED) is 0.325. The Morgan fingerprint density at radius 1 is 1.00 bits per heavy atom. The molecule has 2 nitrogen and oxygen atoms in total. The Labute approximate surface area is 69.9 Å². The maximum atomic E-state index is 10.2. The van der Waals surface area contributed by atoms with Crippen LogP contribution in [0, 0.1) is 0 Å². The Bertz CT molecular complexity index is 106. The van der Waals surface area contributed by atoms with E-state index in [1.807, 2.05) is 0 Å². The third kappa shape index (κ3) is 2.07. The van der Waals surface area contributed by atoms with Crippen molar-refractivity contribution in [2.24, 2.45) is 0 Å². The van der Waals surface area contributed by atoms with Crippen LogP contribution >= 0.6 is 0 Å². The fraction of sp³-hybridized carbons (Fsp3) is 0.600. The van der Waals surface area contributed by atoms with Gasteiger partial charge in [0.1, 0.15) is 11.6 Å². The van der Waals surface area contributed by atoms with Gasteiger partial charge < -0.3 is 0 Å². The molecule has 0 bridgehead atoms. The van der Waals surface area contributed by atoms with Gasteiger partial charge in [-0.15, -0.1) is 0 Å². The first-order chi connectivity index (χ1) is 3.29. The van der Waals surface area contributed by atoms with Crippen LogP contribution in [0.15, 0.2) is 0 Å². The molecule has 0 aromatic heterocycles. The number of hydrogen-bond donors (Lipinski definition) is 0. The molecular formula is C5H7NaO2. The van der Waals surface area contributed by atoms with E-state index in [1.165, 1.54) is 0 Å². The second-order valence-electron chi connectivity index (χ2n) is 1.75. The van der Waals surface area contributed by atoms with Crippen molar-refractivity contribution in [2.75, 3.05) is 0 Å². The van der Waals surface area contributed by atoms with E-state index in [0.29, 0.717) is 12.8 Å². The summed E-state index contributed by atoms with van der Waals surface area (Å²) in [5, 5.41) is 0. The van der Waals surface area contributed by atoms with Crippen molar-refractivity contribution in [3.05, 3.63) is 0 Å². The molecule has 0 aromatic rings. The maximum absolute atomic E-state index is 10.2. The molecule has 0 atom stereocenters. The summed E-state index contributed by atoms with van der Waals surface area (Å²) in [6, 6.07) is 0. The second kappa shape index (κ2) is 3.38. The van der Waals surface area contributed by atoms with Gasteiger partial charge in [0.25, 0.3) is 0 Å². The van der Waals surface area contributed by atoms with E-state index in [-0.39, 0.29) is 47.5 Å². The molecule has 0 radical (unpaired) electrons. The molecular weight excluding hydrogens is 115 g/mol. The van der Waals surface area contributed by atoms with Gasteiger partial charge in [-0.05, 0) is 0 Å². The fourth-order valence-electron chi connectivity index (χ4n) is 0.676. The van der Waals surface area contributed by atoms with Gasteiger partial charge in [0.05, 0.1) is 6.42 Å². The van der Waals surface area contributed by atoms with Gasteiger partial charge in [0.15, 0.2) is 0 Å². The molecule has 0 amide bonds. The first-order valence-electron chi connectivity index (χ1n) is 2.32. The van der Waals surface area contributed by atoms with Crippen molar-refractivity contribution in [1.29, 1.82) is 0 Å². The fourth-order valence-corrected chi connectivity index (χ4v) is 0.676. The van der Waals surface area contributed by atoms with E-state index < -0.39 is 0 Å². The summed E-state index contributed by atoms with van der Waals surface area (Å²) in [7, 11) is 0. The molecule has 8 heavy (non-hydrogen) atoms. The molecule has 0 unspecified atom stereocenters. The van der Waals surface area contributed by atoms with Crippen LogP contribution in [0.2, 0.25) is 0 Å². The number of hydrogen-bond acceptors (Lipinski definition) is 2. The molecule has 1 saturated carbocycles. The Kier molecular flexibility index (Phi) is 3.53. The number of rotatable bonds is 0. The standard InChI is InChI=1S/C5H6O2.Na.H/c6-4-1-2-5(7)3-4;;/h1-3H2;;. The van der Waals surface area contributed by atoms with Crippen LogP contribution in [-0.4, -0.2) is 41.1 Å². The molecule has 0 N–H and O–H groups in total. The van der Waals surface area contributed by atoms with E-state index in [0.717, 1.165) is 0 Å². The van der Waals surface area contributed by atoms with Crippen LogP contribution in [0.5, 0.6) is 0 Å². The third-order valence-corrected chi connectivity index (χ3v) is 1.08. The summed E-state index contributed by atoms with van der Waals surface area (Å²) in [4.78, 5) is 20.5. The molecule has 0 aromatic carbocycles. The molecule has 0 heterocycles. The van der Waals surface area contributed by atoms with E-state index >= 15 is 0 Å². The molecule has 0 spiro atoms. The Hall–Kier alpha value is 0.340. The van der Waals surface area contributed by atoms with E-state index in [2.05, 4.69) is 0 Å². The summed E-state index contributed by atoms with van der Waals surface area (Å²) < 4.78 is 0. The molecule has 1 fully saturated rings. The molecule has 3 heteroatoms. The van der Waals surface area contributed by atoms with E-state index in [4.69, 9.17) is 0 Å². The van der Waals surface area contributed by atoms with Gasteiger partial charge in [0, 0.05) is 12.8 Å². The molecule has 1 aliphatic carbocycles. The first kappa shape index (κ1) is 8.34. The second-order valence-corrected chi connectivity index (χ2v) is 1.75. The zero-order valence-corrected chi connectivity index (χ0v) is 3.94. The van der Waals surface area contributed by atoms with Gasteiger partial charge in [-0.2, -0.15) is 0 Å². The van der Waals surface area contributed by atoms with Crippen molar-refractivity contribution in [3.63, 3.8) is 0 Å². The minimum absolute atomic E-state index is 0. The predicted molar refractivity (Wildman–Crippen MR) is 31.0 cm³/mol. The average Bonchev–Trinajstić information content (AvgIpc) is 1.87. The predicted octanol–water partition coefficient (Wildman–Crippen LogP) is -0.340. The van der Waals surface area contributed by atoms with Gasteiger partial charge in [-0.25, -0.2) is 0 Å². The van der Waals surface area contributed by atoms with E-state index in [9.17, 15) is 9.59 Å². The summed E-state index contributed by atoms with van der Waals surface area (Å²) in [5.74, 6) is 0.204. The Morgan fingerprint density at radius 2 is 1.38 bits per heavy atom. The van der Waals surface area contributed by atoms with Crippen LogP contribution in [0.25, 0.3) is 0 Å². The van der Waals surface area contributed by atoms with Crippen molar-refractivity contribution < 1.29 is 9.59 Å². The Morgan fingerprint density at radius 3 is 1.50 bits per heavy atom. The van der Waals surface area contributed by atoms with Crippen molar-refractivity contribution in [3.8, 4) is 0 Å². The molecule has 0 aliphatic heterocycles. The molecule has 40 valence electrons. The first-order valence-corrected chi connectivity index (χ1v) is 2.32. The van der Waals surface area contributed by atoms with Crippen molar-refractivity contribution in [1.82, 2.24) is 0 Å². The van der Waals surface area contributed by atoms with Gasteiger partial charge in [0.2, 0.25) is 0 Å². The van der Waals surface area contributed by atoms with Crippen LogP contribution < -0.4 is 0 Å². The van der Waals surface area contributed by atoms with Gasteiger partial charge in [-0.1, -0.05) is 0 Å². The summed E-state index contributed by atoms with van der Waals surface area (Å²) in [5.41, 5.74) is 0. The Balaban J connectivity index is 0.000000490. The van der Waals surface area contributed by atoms with Crippen LogP contribution in [-0.2, 0) is 9.59 Å². The zero-order valence-electron chi connectivity index (χ0n) is 3.94. The van der Waals surface area contributed by atoms with Crippen molar-refractivity contribution in [2.45, 2.75) is 19.3 Å². The normalized spacial score (nSPS) is 18.5. The minimum atomic E-state index is 0. The van der Waals surface area contributed by atoms with Gasteiger partial charge in [-0.3, -0.25) is 9.59 Å². The number of carbonyl (C=O) groups is 2. The van der Waals surface area contributed by atoms with Gasteiger partial charge >= 0.3 is 29.6 Å². The van der Waals surface area contributed by atoms with E-state index in [1.54, 1.807) is 0 Å².